The first-order valence-corrected chi connectivity index (χ1v) is 9.23. The van der Waals surface area contributed by atoms with E-state index in [2.05, 4.69) is 10.2 Å². The molecule has 0 amide bonds. The van der Waals surface area contributed by atoms with E-state index in [1.165, 1.54) is 0 Å². The summed E-state index contributed by atoms with van der Waals surface area (Å²) in [6, 6.07) is 25.5. The summed E-state index contributed by atoms with van der Waals surface area (Å²) in [5.41, 5.74) is 2.92. The van der Waals surface area contributed by atoms with Crippen LogP contribution in [0, 0.1) is 0 Å². The molecule has 29 heavy (non-hydrogen) atoms. The fourth-order valence-corrected chi connectivity index (χ4v) is 2.81. The summed E-state index contributed by atoms with van der Waals surface area (Å²) in [6.45, 7) is 0.464. The van der Waals surface area contributed by atoms with Crippen molar-refractivity contribution >= 4 is 12.2 Å². The SMILES string of the molecule is COc1cc(-c2nnc(/C=C/c3ccccc3)o2)ccc1OCc1ccccc1. The Bertz CT molecular complexity index is 1090. The van der Waals surface area contributed by atoms with Gasteiger partial charge in [-0.05, 0) is 35.4 Å². The number of hydrogen-bond acceptors (Lipinski definition) is 5. The highest BCUT2D eigenvalue weighted by atomic mass is 16.5. The molecule has 3 aromatic carbocycles. The van der Waals surface area contributed by atoms with Crippen molar-refractivity contribution in [2.24, 2.45) is 0 Å². The van der Waals surface area contributed by atoms with Gasteiger partial charge in [-0.3, -0.25) is 0 Å². The quantitative estimate of drug-likeness (QED) is 0.421. The molecule has 0 saturated carbocycles. The third-order valence-corrected chi connectivity index (χ3v) is 4.31. The minimum Gasteiger partial charge on any atom is -0.493 e. The van der Waals surface area contributed by atoms with E-state index in [1.807, 2.05) is 84.9 Å². The Labute approximate surface area is 169 Å². The van der Waals surface area contributed by atoms with Crippen LogP contribution >= 0.6 is 0 Å². The second-order valence-electron chi connectivity index (χ2n) is 6.33. The lowest BCUT2D eigenvalue weighted by atomic mass is 10.2. The van der Waals surface area contributed by atoms with Gasteiger partial charge in [0.25, 0.3) is 0 Å². The average Bonchev–Trinajstić information content (AvgIpc) is 3.27. The third kappa shape index (κ3) is 4.71. The van der Waals surface area contributed by atoms with E-state index < -0.39 is 0 Å². The van der Waals surface area contributed by atoms with E-state index in [-0.39, 0.29) is 0 Å². The van der Waals surface area contributed by atoms with Crippen LogP contribution < -0.4 is 9.47 Å². The van der Waals surface area contributed by atoms with Crippen molar-refractivity contribution in [2.45, 2.75) is 6.61 Å². The van der Waals surface area contributed by atoms with Crippen LogP contribution in [-0.4, -0.2) is 17.3 Å². The number of ether oxygens (including phenoxy) is 2. The summed E-state index contributed by atoms with van der Waals surface area (Å²) in [6.07, 6.45) is 3.72. The first-order valence-electron chi connectivity index (χ1n) is 9.23. The van der Waals surface area contributed by atoms with Gasteiger partial charge in [0.1, 0.15) is 6.61 Å². The van der Waals surface area contributed by atoms with Gasteiger partial charge in [-0.15, -0.1) is 10.2 Å². The van der Waals surface area contributed by atoms with Crippen molar-refractivity contribution in [3.8, 4) is 23.0 Å². The fraction of sp³-hybridized carbons (Fsp3) is 0.0833. The molecule has 0 fully saturated rings. The molecule has 0 saturated heterocycles. The van der Waals surface area contributed by atoms with Gasteiger partial charge in [-0.2, -0.15) is 0 Å². The molecule has 4 rings (SSSR count). The summed E-state index contributed by atoms with van der Waals surface area (Å²) in [5.74, 6) is 2.12. The van der Waals surface area contributed by atoms with Crippen LogP contribution in [0.2, 0.25) is 0 Å². The van der Waals surface area contributed by atoms with Crippen molar-refractivity contribution in [1.29, 1.82) is 0 Å². The number of aromatic nitrogens is 2. The van der Waals surface area contributed by atoms with Crippen molar-refractivity contribution in [1.82, 2.24) is 10.2 Å². The predicted molar refractivity (Wildman–Crippen MR) is 112 cm³/mol. The molecule has 5 heteroatoms. The predicted octanol–water partition coefficient (Wildman–Crippen LogP) is 5.49. The first-order chi connectivity index (χ1) is 14.3. The first kappa shape index (κ1) is 18.5. The summed E-state index contributed by atoms with van der Waals surface area (Å²) >= 11 is 0. The van der Waals surface area contributed by atoms with E-state index in [4.69, 9.17) is 13.9 Å². The molecule has 0 aliphatic carbocycles. The second kappa shape index (κ2) is 8.89. The molecule has 1 heterocycles. The van der Waals surface area contributed by atoms with E-state index in [0.717, 1.165) is 16.7 Å². The van der Waals surface area contributed by atoms with Crippen molar-refractivity contribution in [2.75, 3.05) is 7.11 Å². The molecule has 1 aromatic heterocycles. The maximum Gasteiger partial charge on any atom is 0.248 e. The molecule has 0 N–H and O–H groups in total. The monoisotopic (exact) mass is 384 g/mol. The summed E-state index contributed by atoms with van der Waals surface area (Å²) < 4.78 is 17.1. The lowest BCUT2D eigenvalue weighted by Gasteiger charge is -2.11. The van der Waals surface area contributed by atoms with Gasteiger partial charge < -0.3 is 13.9 Å². The van der Waals surface area contributed by atoms with Crippen molar-refractivity contribution in [3.05, 3.63) is 95.9 Å². The zero-order valence-corrected chi connectivity index (χ0v) is 16.0. The molecule has 0 aliphatic rings. The van der Waals surface area contributed by atoms with Gasteiger partial charge >= 0.3 is 0 Å². The Morgan fingerprint density at radius 3 is 2.34 bits per heavy atom. The zero-order valence-electron chi connectivity index (χ0n) is 16.0. The molecule has 0 bridgehead atoms. The Balaban J connectivity index is 1.49. The minimum absolute atomic E-state index is 0.422. The van der Waals surface area contributed by atoms with Gasteiger partial charge in [0.15, 0.2) is 11.5 Å². The molecule has 0 aliphatic heterocycles. The van der Waals surface area contributed by atoms with Crippen LogP contribution in [0.1, 0.15) is 17.0 Å². The number of methoxy groups -OCH3 is 1. The minimum atomic E-state index is 0.422. The van der Waals surface area contributed by atoms with E-state index in [9.17, 15) is 0 Å². The molecule has 0 spiro atoms. The third-order valence-electron chi connectivity index (χ3n) is 4.31. The number of rotatable bonds is 7. The molecule has 5 nitrogen and oxygen atoms in total. The molecular weight excluding hydrogens is 364 g/mol. The van der Waals surface area contributed by atoms with E-state index >= 15 is 0 Å². The molecule has 144 valence electrons. The Hall–Kier alpha value is -3.86. The lowest BCUT2D eigenvalue weighted by Crippen LogP contribution is -1.97. The van der Waals surface area contributed by atoms with E-state index in [0.29, 0.717) is 29.9 Å². The van der Waals surface area contributed by atoms with Gasteiger partial charge in [-0.25, -0.2) is 0 Å². The smallest absolute Gasteiger partial charge is 0.248 e. The van der Waals surface area contributed by atoms with Crippen molar-refractivity contribution in [3.63, 3.8) is 0 Å². The van der Waals surface area contributed by atoms with Crippen LogP contribution in [0.3, 0.4) is 0 Å². The topological polar surface area (TPSA) is 57.4 Å². The summed E-state index contributed by atoms with van der Waals surface area (Å²) in [5, 5.41) is 8.22. The lowest BCUT2D eigenvalue weighted by molar-refractivity contribution is 0.284. The maximum absolute atomic E-state index is 5.89. The highest BCUT2D eigenvalue weighted by Gasteiger charge is 2.12. The second-order valence-corrected chi connectivity index (χ2v) is 6.33. The highest BCUT2D eigenvalue weighted by Crippen LogP contribution is 2.32. The van der Waals surface area contributed by atoms with Crippen LogP contribution in [-0.2, 0) is 6.61 Å². The van der Waals surface area contributed by atoms with Gasteiger partial charge in [0.05, 0.1) is 7.11 Å². The molecule has 0 radical (unpaired) electrons. The maximum atomic E-state index is 5.89. The summed E-state index contributed by atoms with van der Waals surface area (Å²) in [4.78, 5) is 0. The number of nitrogens with zero attached hydrogens (tertiary/aromatic N) is 2. The average molecular weight is 384 g/mol. The Morgan fingerprint density at radius 1 is 0.828 bits per heavy atom. The van der Waals surface area contributed by atoms with Gasteiger partial charge in [0, 0.05) is 11.6 Å². The normalized spacial score (nSPS) is 10.9. The summed E-state index contributed by atoms with van der Waals surface area (Å²) in [7, 11) is 1.61. The highest BCUT2D eigenvalue weighted by molar-refractivity contribution is 5.66. The van der Waals surface area contributed by atoms with Crippen molar-refractivity contribution < 1.29 is 13.9 Å². The van der Waals surface area contributed by atoms with Gasteiger partial charge in [0.2, 0.25) is 11.8 Å². The van der Waals surface area contributed by atoms with Crippen LogP contribution in [0.25, 0.3) is 23.6 Å². The van der Waals surface area contributed by atoms with Crippen LogP contribution in [0.5, 0.6) is 11.5 Å². The standard InChI is InChI=1S/C24H20N2O3/c1-27-22-16-20(13-14-21(22)28-17-19-10-6-3-7-11-19)24-26-25-23(29-24)15-12-18-8-4-2-5-9-18/h2-16H,17H2,1H3/b15-12+. The fourth-order valence-electron chi connectivity index (χ4n) is 2.81. The molecule has 4 aromatic rings. The number of benzene rings is 3. The Kier molecular flexibility index (Phi) is 5.67. The van der Waals surface area contributed by atoms with Crippen LogP contribution in [0.4, 0.5) is 0 Å². The molecule has 0 unspecified atom stereocenters. The van der Waals surface area contributed by atoms with Crippen LogP contribution in [0.15, 0.2) is 83.3 Å². The largest absolute Gasteiger partial charge is 0.493 e. The molecular formula is C24H20N2O3. The molecule has 0 atom stereocenters. The van der Waals surface area contributed by atoms with E-state index in [1.54, 1.807) is 13.2 Å². The zero-order chi connectivity index (χ0) is 19.9. The van der Waals surface area contributed by atoms with Gasteiger partial charge in [-0.1, -0.05) is 60.7 Å². The Morgan fingerprint density at radius 2 is 1.59 bits per heavy atom. The number of hydrogen-bond donors (Lipinski definition) is 0.